The van der Waals surface area contributed by atoms with Crippen LogP contribution in [0.1, 0.15) is 77.1 Å². The highest BCUT2D eigenvalue weighted by atomic mass is 79.9. The molecule has 1 rings (SSSR count). The third kappa shape index (κ3) is 11.4. The molecular weight excluding hydrogens is 462 g/mol. The maximum atomic E-state index is 12.3. The summed E-state index contributed by atoms with van der Waals surface area (Å²) in [4.78, 5) is 28.4. The Morgan fingerprint density at radius 3 is 2.57 bits per heavy atom. The number of nitrogens with zero attached hydrogens (tertiary/aromatic N) is 2. The van der Waals surface area contributed by atoms with Crippen molar-refractivity contribution in [1.82, 2.24) is 14.9 Å². The first kappa shape index (κ1) is 27.0. The van der Waals surface area contributed by atoms with Crippen molar-refractivity contribution in [2.75, 3.05) is 6.61 Å². The molecule has 0 saturated heterocycles. The lowest BCUT2D eigenvalue weighted by atomic mass is 10.0. The molecule has 6 nitrogen and oxygen atoms in total. The predicted molar refractivity (Wildman–Crippen MR) is 128 cm³/mol. The number of halogens is 1. The summed E-state index contributed by atoms with van der Waals surface area (Å²) in [5.41, 5.74) is 0. The van der Waals surface area contributed by atoms with Gasteiger partial charge in [0.1, 0.15) is 22.9 Å². The van der Waals surface area contributed by atoms with Gasteiger partial charge < -0.3 is 14.6 Å². The number of aromatic nitrogens is 2. The van der Waals surface area contributed by atoms with E-state index in [1.807, 2.05) is 24.6 Å². The van der Waals surface area contributed by atoms with Crippen LogP contribution in [0.25, 0.3) is 0 Å². The van der Waals surface area contributed by atoms with E-state index in [4.69, 9.17) is 4.74 Å². The maximum absolute atomic E-state index is 12.3. The number of carbonyl (C=O) groups excluding carboxylic acids is 2. The molecule has 8 heteroatoms. The van der Waals surface area contributed by atoms with Crippen LogP contribution in [-0.2, 0) is 21.1 Å². The van der Waals surface area contributed by atoms with Crippen LogP contribution in [0, 0.1) is 0 Å². The fourth-order valence-electron chi connectivity index (χ4n) is 3.10. The molecule has 0 aromatic carbocycles. The summed E-state index contributed by atoms with van der Waals surface area (Å²) >= 11 is 3.48. The zero-order valence-corrected chi connectivity index (χ0v) is 22.0. The van der Waals surface area contributed by atoms with Gasteiger partial charge in [0, 0.05) is 40.1 Å². The highest BCUT2D eigenvalue weighted by molar-refractivity contribution is 9.10. The summed E-state index contributed by atoms with van der Waals surface area (Å²) in [7, 11) is -1.13. The minimum Gasteiger partial charge on any atom is -0.361 e. The Morgan fingerprint density at radius 2 is 1.93 bits per heavy atom. The molecule has 1 heterocycles. The van der Waals surface area contributed by atoms with E-state index in [1.54, 1.807) is 0 Å². The lowest BCUT2D eigenvalue weighted by molar-refractivity contribution is -0.122. The van der Waals surface area contributed by atoms with Crippen LogP contribution in [0.3, 0.4) is 0 Å². The van der Waals surface area contributed by atoms with Crippen molar-refractivity contribution in [3.8, 4) is 0 Å². The van der Waals surface area contributed by atoms with Crippen LogP contribution < -0.4 is 5.32 Å². The second-order valence-electron chi connectivity index (χ2n) is 9.10. The quantitative estimate of drug-likeness (QED) is 0.228. The number of imidazole rings is 1. The summed E-state index contributed by atoms with van der Waals surface area (Å²) in [5.74, 6) is 1.19. The topological polar surface area (TPSA) is 73.2 Å². The Morgan fingerprint density at radius 1 is 1.20 bits per heavy atom. The SMILES string of the molecule is CCCC(=O)N[C@@H](CCCCCC(=O)CC)c1nc(Br)cn1COCC[Si](C)(C)C. The fourth-order valence-corrected chi connectivity index (χ4v) is 4.29. The van der Waals surface area contributed by atoms with Crippen LogP contribution >= 0.6 is 15.9 Å². The molecule has 30 heavy (non-hydrogen) atoms. The third-order valence-corrected chi connectivity index (χ3v) is 7.06. The molecule has 1 N–H and O–H groups in total. The summed E-state index contributed by atoms with van der Waals surface area (Å²) in [6, 6.07) is 0.962. The summed E-state index contributed by atoms with van der Waals surface area (Å²) < 4.78 is 8.66. The van der Waals surface area contributed by atoms with Crippen molar-refractivity contribution < 1.29 is 14.3 Å². The summed E-state index contributed by atoms with van der Waals surface area (Å²) in [6.07, 6.45) is 8.12. The maximum Gasteiger partial charge on any atom is 0.220 e. The lowest BCUT2D eigenvalue weighted by Crippen LogP contribution is -2.30. The Labute approximate surface area is 191 Å². The minimum absolute atomic E-state index is 0.0500. The van der Waals surface area contributed by atoms with E-state index in [2.05, 4.69) is 45.9 Å². The van der Waals surface area contributed by atoms with Gasteiger partial charge in [-0.15, -0.1) is 0 Å². The van der Waals surface area contributed by atoms with Crippen molar-refractivity contribution in [2.24, 2.45) is 0 Å². The molecule has 1 aromatic rings. The fraction of sp³-hybridized carbons (Fsp3) is 0.773. The Bertz CT molecular complexity index is 659. The number of Topliss-reactive ketones (excluding diaryl/α,β-unsaturated/α-hetero) is 1. The van der Waals surface area contributed by atoms with Crippen molar-refractivity contribution in [3.63, 3.8) is 0 Å². The molecule has 0 spiro atoms. The number of ether oxygens (including phenoxy) is 1. The van der Waals surface area contributed by atoms with Crippen molar-refractivity contribution in [3.05, 3.63) is 16.6 Å². The van der Waals surface area contributed by atoms with Gasteiger partial charge in [-0.05, 0) is 41.2 Å². The van der Waals surface area contributed by atoms with Crippen molar-refractivity contribution >= 4 is 35.7 Å². The molecule has 0 fully saturated rings. The Kier molecular flexibility index (Phi) is 12.7. The normalized spacial score (nSPS) is 12.7. The number of unbranched alkanes of at least 4 members (excludes halogenated alkanes) is 2. The Hall–Kier alpha value is -0.993. The predicted octanol–water partition coefficient (Wildman–Crippen LogP) is 5.84. The number of carbonyl (C=O) groups is 2. The standard InChI is InChI=1S/C22H40BrN3O3Si/c1-6-11-21(28)24-19(13-10-8-9-12-18(27)7-2)22-25-20(23)16-26(22)17-29-14-15-30(3,4)5/h16,19H,6-15,17H2,1-5H3,(H,24,28)/t19-/m0/s1. The largest absolute Gasteiger partial charge is 0.361 e. The average molecular weight is 503 g/mol. The van der Waals surface area contributed by atoms with Gasteiger partial charge in [-0.1, -0.05) is 46.3 Å². The molecule has 1 aromatic heterocycles. The van der Waals surface area contributed by atoms with Gasteiger partial charge in [-0.2, -0.15) is 0 Å². The molecule has 1 amide bonds. The highest BCUT2D eigenvalue weighted by Gasteiger charge is 2.21. The van der Waals surface area contributed by atoms with E-state index in [0.29, 0.717) is 31.8 Å². The van der Waals surface area contributed by atoms with Gasteiger partial charge in [0.2, 0.25) is 5.91 Å². The Balaban J connectivity index is 2.74. The van der Waals surface area contributed by atoms with E-state index in [9.17, 15) is 9.59 Å². The molecule has 0 unspecified atom stereocenters. The number of nitrogens with one attached hydrogen (secondary N) is 1. The van der Waals surface area contributed by atoms with E-state index in [-0.39, 0.29) is 11.9 Å². The molecule has 1 atom stereocenters. The second kappa shape index (κ2) is 14.1. The molecule has 0 bridgehead atoms. The van der Waals surface area contributed by atoms with Crippen LogP contribution in [0.2, 0.25) is 25.7 Å². The van der Waals surface area contributed by atoms with Crippen LogP contribution in [-0.4, -0.2) is 35.9 Å². The van der Waals surface area contributed by atoms with Gasteiger partial charge in [0.15, 0.2) is 0 Å². The third-order valence-electron chi connectivity index (χ3n) is 4.97. The smallest absolute Gasteiger partial charge is 0.220 e. The highest BCUT2D eigenvalue weighted by Crippen LogP contribution is 2.23. The number of amides is 1. The summed E-state index contributed by atoms with van der Waals surface area (Å²) in [5, 5.41) is 3.15. The van der Waals surface area contributed by atoms with Crippen molar-refractivity contribution in [1.29, 1.82) is 0 Å². The van der Waals surface area contributed by atoms with Gasteiger partial charge in [0.05, 0.1) is 6.04 Å². The van der Waals surface area contributed by atoms with E-state index in [1.165, 1.54) is 0 Å². The van der Waals surface area contributed by atoms with Gasteiger partial charge in [-0.3, -0.25) is 9.59 Å². The zero-order chi connectivity index (χ0) is 22.6. The molecule has 0 saturated carbocycles. The molecular formula is C22H40BrN3O3Si. The lowest BCUT2D eigenvalue weighted by Gasteiger charge is -2.20. The second-order valence-corrected chi connectivity index (χ2v) is 15.5. The minimum atomic E-state index is -1.13. The average Bonchev–Trinajstić information content (AvgIpc) is 3.03. The monoisotopic (exact) mass is 501 g/mol. The first-order chi connectivity index (χ1) is 14.2. The first-order valence-corrected chi connectivity index (χ1v) is 15.8. The molecule has 0 aliphatic heterocycles. The van der Waals surface area contributed by atoms with Gasteiger partial charge >= 0.3 is 0 Å². The van der Waals surface area contributed by atoms with Crippen LogP contribution in [0.5, 0.6) is 0 Å². The summed E-state index contributed by atoms with van der Waals surface area (Å²) in [6.45, 7) is 12.1. The van der Waals surface area contributed by atoms with Crippen LogP contribution in [0.15, 0.2) is 10.8 Å². The molecule has 0 aliphatic carbocycles. The molecule has 0 radical (unpaired) electrons. The van der Waals surface area contributed by atoms with E-state index < -0.39 is 8.07 Å². The van der Waals surface area contributed by atoms with Gasteiger partial charge in [0.25, 0.3) is 0 Å². The molecule has 0 aliphatic rings. The van der Waals surface area contributed by atoms with Crippen LogP contribution in [0.4, 0.5) is 0 Å². The molecule has 172 valence electrons. The van der Waals surface area contributed by atoms with Crippen molar-refractivity contribution in [2.45, 2.75) is 104 Å². The number of hydrogen-bond donors (Lipinski definition) is 1. The van der Waals surface area contributed by atoms with E-state index >= 15 is 0 Å². The number of rotatable bonds is 16. The number of ketones is 1. The first-order valence-electron chi connectivity index (χ1n) is 11.3. The van der Waals surface area contributed by atoms with Gasteiger partial charge in [-0.25, -0.2) is 4.98 Å². The van der Waals surface area contributed by atoms with E-state index in [0.717, 1.165) is 55.2 Å². The number of hydrogen-bond acceptors (Lipinski definition) is 4. The zero-order valence-electron chi connectivity index (χ0n) is 19.4.